The lowest BCUT2D eigenvalue weighted by Crippen LogP contribution is -2.35. The van der Waals surface area contributed by atoms with Crippen molar-refractivity contribution in [2.45, 2.75) is 58.1 Å². The maximum atomic E-state index is 11.2. The SMILES string of the molecule is CCC(=O)OC(C)[C@H]1CC[C@@H](N(C)C)CC1. The summed E-state index contributed by atoms with van der Waals surface area (Å²) < 4.78 is 5.38. The standard InChI is InChI=1S/C13H25NO2/c1-5-13(15)16-10(2)11-6-8-12(9-7-11)14(3)4/h10-12H,5-9H2,1-4H3/t10?,11-,12+. The molecule has 1 saturated carbocycles. The summed E-state index contributed by atoms with van der Waals surface area (Å²) in [5, 5.41) is 0. The third-order valence-electron chi connectivity index (χ3n) is 3.74. The summed E-state index contributed by atoms with van der Waals surface area (Å²) in [7, 11) is 4.29. The number of carbonyl (C=O) groups is 1. The summed E-state index contributed by atoms with van der Waals surface area (Å²) in [5.41, 5.74) is 0. The van der Waals surface area contributed by atoms with E-state index in [4.69, 9.17) is 4.74 Å². The molecule has 16 heavy (non-hydrogen) atoms. The number of nitrogens with zero attached hydrogens (tertiary/aromatic N) is 1. The third kappa shape index (κ3) is 3.78. The van der Waals surface area contributed by atoms with Crippen LogP contribution in [0.3, 0.4) is 0 Å². The van der Waals surface area contributed by atoms with Gasteiger partial charge in [0, 0.05) is 12.5 Å². The van der Waals surface area contributed by atoms with Gasteiger partial charge in [-0.1, -0.05) is 6.92 Å². The number of rotatable bonds is 4. The zero-order valence-corrected chi connectivity index (χ0v) is 11.0. The fraction of sp³-hybridized carbons (Fsp3) is 0.923. The largest absolute Gasteiger partial charge is 0.462 e. The quantitative estimate of drug-likeness (QED) is 0.691. The molecule has 3 heteroatoms. The molecule has 0 bridgehead atoms. The molecule has 0 N–H and O–H groups in total. The summed E-state index contributed by atoms with van der Waals surface area (Å²) in [6, 6.07) is 0.713. The molecular formula is C13H25NO2. The van der Waals surface area contributed by atoms with E-state index >= 15 is 0 Å². The number of hydrogen-bond donors (Lipinski definition) is 0. The van der Waals surface area contributed by atoms with Crippen molar-refractivity contribution in [3.8, 4) is 0 Å². The molecule has 0 aliphatic heterocycles. The Hall–Kier alpha value is -0.570. The average molecular weight is 227 g/mol. The number of carbonyl (C=O) groups excluding carboxylic acids is 1. The van der Waals surface area contributed by atoms with Crippen LogP contribution in [0.5, 0.6) is 0 Å². The van der Waals surface area contributed by atoms with Crippen LogP contribution in [0.1, 0.15) is 46.0 Å². The van der Waals surface area contributed by atoms with Crippen molar-refractivity contribution in [2.24, 2.45) is 5.92 Å². The minimum atomic E-state index is -0.0674. The Morgan fingerprint density at radius 1 is 1.31 bits per heavy atom. The first kappa shape index (κ1) is 13.5. The Balaban J connectivity index is 2.32. The van der Waals surface area contributed by atoms with Gasteiger partial charge in [-0.3, -0.25) is 4.79 Å². The Morgan fingerprint density at radius 2 is 1.88 bits per heavy atom. The van der Waals surface area contributed by atoms with E-state index in [9.17, 15) is 4.79 Å². The molecule has 0 heterocycles. The van der Waals surface area contributed by atoms with Gasteiger partial charge < -0.3 is 9.64 Å². The summed E-state index contributed by atoms with van der Waals surface area (Å²) in [6.45, 7) is 3.88. The zero-order chi connectivity index (χ0) is 12.1. The molecule has 1 fully saturated rings. The van der Waals surface area contributed by atoms with Crippen LogP contribution < -0.4 is 0 Å². The van der Waals surface area contributed by atoms with Crippen LogP contribution in [-0.4, -0.2) is 37.1 Å². The van der Waals surface area contributed by atoms with Crippen LogP contribution in [0, 0.1) is 5.92 Å². The van der Waals surface area contributed by atoms with E-state index in [0.717, 1.165) is 0 Å². The van der Waals surface area contributed by atoms with Gasteiger partial charge in [0.15, 0.2) is 0 Å². The van der Waals surface area contributed by atoms with Crippen molar-refractivity contribution in [3.63, 3.8) is 0 Å². The van der Waals surface area contributed by atoms with Crippen LogP contribution in [0.15, 0.2) is 0 Å². The van der Waals surface area contributed by atoms with Gasteiger partial charge in [0.25, 0.3) is 0 Å². The van der Waals surface area contributed by atoms with E-state index < -0.39 is 0 Å². The molecule has 1 aliphatic carbocycles. The van der Waals surface area contributed by atoms with Gasteiger partial charge in [-0.2, -0.15) is 0 Å². The molecule has 1 aliphatic rings. The summed E-state index contributed by atoms with van der Waals surface area (Å²) in [4.78, 5) is 13.5. The summed E-state index contributed by atoms with van der Waals surface area (Å²) >= 11 is 0. The van der Waals surface area contributed by atoms with Crippen molar-refractivity contribution < 1.29 is 9.53 Å². The minimum Gasteiger partial charge on any atom is -0.462 e. The van der Waals surface area contributed by atoms with Crippen molar-refractivity contribution in [3.05, 3.63) is 0 Å². The highest BCUT2D eigenvalue weighted by atomic mass is 16.5. The van der Waals surface area contributed by atoms with Gasteiger partial charge in [0.05, 0.1) is 0 Å². The highest BCUT2D eigenvalue weighted by molar-refractivity contribution is 5.69. The van der Waals surface area contributed by atoms with Gasteiger partial charge >= 0.3 is 5.97 Å². The Kier molecular flexibility index (Phi) is 5.26. The Morgan fingerprint density at radius 3 is 2.31 bits per heavy atom. The summed E-state index contributed by atoms with van der Waals surface area (Å²) in [5.74, 6) is 0.494. The molecule has 3 nitrogen and oxygen atoms in total. The minimum absolute atomic E-state index is 0.0674. The molecule has 1 rings (SSSR count). The van der Waals surface area contributed by atoms with Crippen molar-refractivity contribution in [1.82, 2.24) is 4.90 Å². The van der Waals surface area contributed by atoms with E-state index in [-0.39, 0.29) is 12.1 Å². The molecule has 1 atom stereocenters. The first-order chi connectivity index (χ1) is 7.54. The van der Waals surface area contributed by atoms with E-state index in [1.165, 1.54) is 25.7 Å². The first-order valence-corrected chi connectivity index (χ1v) is 6.40. The number of esters is 1. The summed E-state index contributed by atoms with van der Waals surface area (Å²) in [6.07, 6.45) is 5.40. The third-order valence-corrected chi connectivity index (χ3v) is 3.74. The molecule has 0 aromatic rings. The predicted octanol–water partition coefficient (Wildman–Crippen LogP) is 2.45. The normalized spacial score (nSPS) is 27.8. The van der Waals surface area contributed by atoms with Crippen molar-refractivity contribution >= 4 is 5.97 Å². The molecule has 0 radical (unpaired) electrons. The second-order valence-electron chi connectivity index (χ2n) is 5.08. The monoisotopic (exact) mass is 227 g/mol. The fourth-order valence-electron chi connectivity index (χ4n) is 2.47. The zero-order valence-electron chi connectivity index (χ0n) is 11.0. The van der Waals surface area contributed by atoms with Gasteiger partial charge in [0.2, 0.25) is 0 Å². The lowest BCUT2D eigenvalue weighted by molar-refractivity contribution is -0.151. The van der Waals surface area contributed by atoms with Crippen LogP contribution >= 0.6 is 0 Å². The van der Waals surface area contributed by atoms with Crippen molar-refractivity contribution in [1.29, 1.82) is 0 Å². The maximum absolute atomic E-state index is 11.2. The van der Waals surface area contributed by atoms with E-state index in [1.54, 1.807) is 0 Å². The Labute approximate surface area is 99.1 Å². The lowest BCUT2D eigenvalue weighted by Gasteiger charge is -2.34. The van der Waals surface area contributed by atoms with Crippen LogP contribution in [0.25, 0.3) is 0 Å². The van der Waals surface area contributed by atoms with Gasteiger partial charge in [0.1, 0.15) is 6.10 Å². The number of ether oxygens (including phenoxy) is 1. The van der Waals surface area contributed by atoms with Gasteiger partial charge in [-0.05, 0) is 52.6 Å². The molecular weight excluding hydrogens is 202 g/mol. The van der Waals surface area contributed by atoms with E-state index in [1.807, 2.05) is 13.8 Å². The van der Waals surface area contributed by atoms with Crippen LogP contribution in [0.4, 0.5) is 0 Å². The molecule has 0 saturated heterocycles. The highest BCUT2D eigenvalue weighted by Gasteiger charge is 2.27. The van der Waals surface area contributed by atoms with E-state index in [0.29, 0.717) is 18.4 Å². The van der Waals surface area contributed by atoms with Crippen LogP contribution in [0.2, 0.25) is 0 Å². The fourth-order valence-corrected chi connectivity index (χ4v) is 2.47. The van der Waals surface area contributed by atoms with Gasteiger partial charge in [-0.15, -0.1) is 0 Å². The molecule has 1 unspecified atom stereocenters. The lowest BCUT2D eigenvalue weighted by atomic mass is 9.83. The Bertz CT molecular complexity index is 220. The maximum Gasteiger partial charge on any atom is 0.305 e. The van der Waals surface area contributed by atoms with Crippen molar-refractivity contribution in [2.75, 3.05) is 14.1 Å². The smallest absolute Gasteiger partial charge is 0.305 e. The van der Waals surface area contributed by atoms with E-state index in [2.05, 4.69) is 19.0 Å². The predicted molar refractivity (Wildman–Crippen MR) is 65.3 cm³/mol. The second kappa shape index (κ2) is 6.24. The molecule has 0 aromatic carbocycles. The topological polar surface area (TPSA) is 29.5 Å². The first-order valence-electron chi connectivity index (χ1n) is 6.40. The second-order valence-corrected chi connectivity index (χ2v) is 5.08. The van der Waals surface area contributed by atoms with Crippen LogP contribution in [-0.2, 0) is 9.53 Å². The molecule has 0 spiro atoms. The highest BCUT2D eigenvalue weighted by Crippen LogP contribution is 2.30. The molecule has 0 amide bonds. The number of hydrogen-bond acceptors (Lipinski definition) is 3. The van der Waals surface area contributed by atoms with Gasteiger partial charge in [-0.25, -0.2) is 0 Å². The molecule has 94 valence electrons. The average Bonchev–Trinajstić information content (AvgIpc) is 2.28. The molecule has 0 aromatic heterocycles.